The topological polar surface area (TPSA) is 35.2 Å². The van der Waals surface area contributed by atoms with E-state index < -0.39 is 0 Å². The average Bonchev–Trinajstić information content (AvgIpc) is 2.35. The summed E-state index contributed by atoms with van der Waals surface area (Å²) in [6.45, 7) is 8.55. The molecule has 0 aliphatic rings. The normalized spacial score (nSPS) is 12.2. The zero-order chi connectivity index (χ0) is 13.4. The summed E-state index contributed by atoms with van der Waals surface area (Å²) in [5, 5.41) is 0. The van der Waals surface area contributed by atoms with Crippen molar-refractivity contribution < 1.29 is 4.74 Å². The van der Waals surface area contributed by atoms with E-state index in [1.54, 1.807) is 0 Å². The molecule has 1 aromatic rings. The summed E-state index contributed by atoms with van der Waals surface area (Å²) in [5.41, 5.74) is 8.28. The number of rotatable bonds is 8. The lowest BCUT2D eigenvalue weighted by molar-refractivity contribution is 0.301. The number of unbranched alkanes of at least 4 members (excludes halogenated alkanes) is 3. The largest absolute Gasteiger partial charge is 0.493 e. The molecule has 2 heteroatoms. The number of hydrogen-bond donors (Lipinski definition) is 1. The Morgan fingerprint density at radius 3 is 2.78 bits per heavy atom. The highest BCUT2D eigenvalue weighted by Crippen LogP contribution is 2.25. The summed E-state index contributed by atoms with van der Waals surface area (Å²) in [7, 11) is 0. The quantitative estimate of drug-likeness (QED) is 0.553. The average molecular weight is 247 g/mol. The minimum absolute atomic E-state index is 0.0145. The van der Waals surface area contributed by atoms with Gasteiger partial charge < -0.3 is 10.5 Å². The second kappa shape index (κ2) is 7.93. The van der Waals surface area contributed by atoms with Crippen molar-refractivity contribution in [3.63, 3.8) is 0 Å². The molecule has 0 aliphatic carbocycles. The van der Waals surface area contributed by atoms with Crippen LogP contribution in [0.1, 0.15) is 49.8 Å². The van der Waals surface area contributed by atoms with Gasteiger partial charge in [0, 0.05) is 11.6 Å². The second-order valence-corrected chi connectivity index (χ2v) is 4.82. The van der Waals surface area contributed by atoms with Crippen LogP contribution in [0.2, 0.25) is 0 Å². The lowest BCUT2D eigenvalue weighted by atomic mass is 10.1. The van der Waals surface area contributed by atoms with Gasteiger partial charge >= 0.3 is 0 Å². The van der Waals surface area contributed by atoms with Gasteiger partial charge in [-0.2, -0.15) is 0 Å². The fourth-order valence-corrected chi connectivity index (χ4v) is 1.90. The van der Waals surface area contributed by atoms with Gasteiger partial charge in [-0.3, -0.25) is 0 Å². The predicted octanol–water partition coefficient (Wildman–Crippen LogP) is 4.14. The third kappa shape index (κ3) is 4.92. The summed E-state index contributed by atoms with van der Waals surface area (Å²) in [5.74, 6) is 0.930. The van der Waals surface area contributed by atoms with E-state index in [9.17, 15) is 0 Å². The van der Waals surface area contributed by atoms with Gasteiger partial charge in [0.1, 0.15) is 5.75 Å². The van der Waals surface area contributed by atoms with Gasteiger partial charge in [0.2, 0.25) is 0 Å². The van der Waals surface area contributed by atoms with Crippen LogP contribution in [-0.2, 0) is 0 Å². The highest BCUT2D eigenvalue weighted by molar-refractivity contribution is 5.38. The Morgan fingerprint density at radius 2 is 2.11 bits per heavy atom. The Balaban J connectivity index is 2.44. The molecule has 1 unspecified atom stereocenters. The van der Waals surface area contributed by atoms with Crippen LogP contribution in [0.25, 0.3) is 0 Å². The number of allylic oxidation sites excluding steroid dienone is 1. The Hall–Kier alpha value is -1.28. The van der Waals surface area contributed by atoms with Gasteiger partial charge in [0.05, 0.1) is 6.61 Å². The molecule has 0 saturated heterocycles. The monoisotopic (exact) mass is 247 g/mol. The molecule has 1 atom stereocenters. The van der Waals surface area contributed by atoms with Crippen molar-refractivity contribution in [1.82, 2.24) is 0 Å². The van der Waals surface area contributed by atoms with Gasteiger partial charge in [0.15, 0.2) is 0 Å². The zero-order valence-electron chi connectivity index (χ0n) is 11.6. The Morgan fingerprint density at radius 1 is 1.33 bits per heavy atom. The van der Waals surface area contributed by atoms with Gasteiger partial charge in [-0.1, -0.05) is 23.8 Å². The van der Waals surface area contributed by atoms with Gasteiger partial charge in [-0.15, -0.1) is 6.58 Å². The maximum atomic E-state index is 5.96. The first-order chi connectivity index (χ1) is 8.65. The minimum Gasteiger partial charge on any atom is -0.493 e. The maximum absolute atomic E-state index is 5.96. The first-order valence-corrected chi connectivity index (χ1v) is 6.75. The highest BCUT2D eigenvalue weighted by atomic mass is 16.5. The van der Waals surface area contributed by atoms with Crippen LogP contribution >= 0.6 is 0 Å². The first-order valence-electron chi connectivity index (χ1n) is 6.75. The van der Waals surface area contributed by atoms with E-state index >= 15 is 0 Å². The molecule has 1 aromatic carbocycles. The first kappa shape index (κ1) is 14.8. The molecule has 1 rings (SSSR count). The van der Waals surface area contributed by atoms with Crippen molar-refractivity contribution in [3.8, 4) is 5.75 Å². The van der Waals surface area contributed by atoms with E-state index in [2.05, 4.69) is 25.6 Å². The summed E-state index contributed by atoms with van der Waals surface area (Å²) in [6.07, 6.45) is 6.52. The van der Waals surface area contributed by atoms with E-state index in [4.69, 9.17) is 10.5 Å². The van der Waals surface area contributed by atoms with Crippen molar-refractivity contribution in [2.45, 2.75) is 45.6 Å². The van der Waals surface area contributed by atoms with Crippen LogP contribution in [-0.4, -0.2) is 6.61 Å². The van der Waals surface area contributed by atoms with Gasteiger partial charge in [-0.25, -0.2) is 0 Å². The summed E-state index contributed by atoms with van der Waals surface area (Å²) < 4.78 is 5.83. The SMILES string of the molecule is C=CCCCCCOc1ccc(C)cc1C(C)N. The van der Waals surface area contributed by atoms with Crippen LogP contribution in [0.15, 0.2) is 30.9 Å². The number of hydrogen-bond acceptors (Lipinski definition) is 2. The van der Waals surface area contributed by atoms with Crippen molar-refractivity contribution in [2.24, 2.45) is 5.73 Å². The molecule has 18 heavy (non-hydrogen) atoms. The van der Waals surface area contributed by atoms with Crippen molar-refractivity contribution in [3.05, 3.63) is 42.0 Å². The van der Waals surface area contributed by atoms with Gasteiger partial charge in [-0.05, 0) is 45.6 Å². The maximum Gasteiger partial charge on any atom is 0.124 e. The van der Waals surface area contributed by atoms with Crippen LogP contribution < -0.4 is 10.5 Å². The molecule has 0 heterocycles. The fourth-order valence-electron chi connectivity index (χ4n) is 1.90. The smallest absolute Gasteiger partial charge is 0.124 e. The highest BCUT2D eigenvalue weighted by Gasteiger charge is 2.08. The molecule has 0 spiro atoms. The number of nitrogens with two attached hydrogens (primary N) is 1. The molecule has 0 radical (unpaired) electrons. The van der Waals surface area contributed by atoms with Crippen molar-refractivity contribution in [2.75, 3.05) is 6.61 Å². The molecule has 0 bridgehead atoms. The molecular formula is C16H25NO. The Labute approximate surface area is 111 Å². The van der Waals surface area contributed by atoms with E-state index in [1.165, 1.54) is 18.4 Å². The minimum atomic E-state index is 0.0145. The lowest BCUT2D eigenvalue weighted by Gasteiger charge is -2.14. The summed E-state index contributed by atoms with van der Waals surface area (Å²) in [6, 6.07) is 6.22. The Kier molecular flexibility index (Phi) is 6.51. The molecule has 0 fully saturated rings. The number of aryl methyl sites for hydroxylation is 1. The lowest BCUT2D eigenvalue weighted by Crippen LogP contribution is -2.09. The summed E-state index contributed by atoms with van der Waals surface area (Å²) in [4.78, 5) is 0. The molecule has 2 N–H and O–H groups in total. The van der Waals surface area contributed by atoms with E-state index in [-0.39, 0.29) is 6.04 Å². The summed E-state index contributed by atoms with van der Waals surface area (Å²) >= 11 is 0. The third-order valence-corrected chi connectivity index (χ3v) is 2.97. The molecule has 0 amide bonds. The molecule has 0 aromatic heterocycles. The number of ether oxygens (including phenoxy) is 1. The van der Waals surface area contributed by atoms with Crippen molar-refractivity contribution in [1.29, 1.82) is 0 Å². The van der Waals surface area contributed by atoms with E-state index in [0.29, 0.717) is 0 Å². The molecule has 0 saturated carbocycles. The van der Waals surface area contributed by atoms with E-state index in [1.807, 2.05) is 19.1 Å². The zero-order valence-corrected chi connectivity index (χ0v) is 11.6. The molecule has 2 nitrogen and oxygen atoms in total. The van der Waals surface area contributed by atoms with Crippen LogP contribution in [0, 0.1) is 6.92 Å². The Bertz CT molecular complexity index is 371. The van der Waals surface area contributed by atoms with Crippen LogP contribution in [0.5, 0.6) is 5.75 Å². The fraction of sp³-hybridized carbons (Fsp3) is 0.500. The van der Waals surface area contributed by atoms with Crippen LogP contribution in [0.4, 0.5) is 0 Å². The molecule has 0 aliphatic heterocycles. The van der Waals surface area contributed by atoms with E-state index in [0.717, 1.165) is 30.8 Å². The molecule has 100 valence electrons. The third-order valence-electron chi connectivity index (χ3n) is 2.97. The van der Waals surface area contributed by atoms with Gasteiger partial charge in [0.25, 0.3) is 0 Å². The number of benzene rings is 1. The predicted molar refractivity (Wildman–Crippen MR) is 77.9 cm³/mol. The molecular weight excluding hydrogens is 222 g/mol. The van der Waals surface area contributed by atoms with Crippen molar-refractivity contribution >= 4 is 0 Å². The standard InChI is InChI=1S/C16H25NO/c1-4-5-6-7-8-11-18-16-10-9-13(2)12-15(16)14(3)17/h4,9-10,12,14H,1,5-8,11,17H2,2-3H3. The second-order valence-electron chi connectivity index (χ2n) is 4.82. The van der Waals surface area contributed by atoms with Crippen LogP contribution in [0.3, 0.4) is 0 Å².